The van der Waals surface area contributed by atoms with Gasteiger partial charge in [-0.2, -0.15) is 0 Å². The van der Waals surface area contributed by atoms with Crippen LogP contribution in [0.25, 0.3) is 11.0 Å². The van der Waals surface area contributed by atoms with Crippen molar-refractivity contribution >= 4 is 39.6 Å². The summed E-state index contributed by atoms with van der Waals surface area (Å²) < 4.78 is 9.62. The lowest BCUT2D eigenvalue weighted by Crippen LogP contribution is -2.24. The molecule has 0 atom stereocenters. The molecule has 0 unspecified atom stereocenters. The molecule has 23 heavy (non-hydrogen) atoms. The third-order valence-electron chi connectivity index (χ3n) is 3.81. The molecule has 0 bridgehead atoms. The van der Waals surface area contributed by atoms with Crippen molar-refractivity contribution in [3.63, 3.8) is 0 Å². The van der Waals surface area contributed by atoms with E-state index in [9.17, 15) is 0 Å². The minimum atomic E-state index is 0. The van der Waals surface area contributed by atoms with Gasteiger partial charge in [0.2, 0.25) is 5.62 Å². The van der Waals surface area contributed by atoms with E-state index in [4.69, 9.17) is 21.7 Å². The molecule has 3 rings (SSSR count). The van der Waals surface area contributed by atoms with Crippen LogP contribution in [0, 0.1) is 12.3 Å². The number of nitrogens with one attached hydrogen (secondary N) is 1. The summed E-state index contributed by atoms with van der Waals surface area (Å²) in [4.78, 5) is 0. The molecule has 0 amide bonds. The number of fused-ring (bicyclic) bond motifs is 1. The zero-order valence-electron chi connectivity index (χ0n) is 13.0. The average Bonchev–Trinajstić information content (AvgIpc) is 2.75. The summed E-state index contributed by atoms with van der Waals surface area (Å²) in [6.45, 7) is 3.20. The summed E-state index contributed by atoms with van der Waals surface area (Å²) >= 11 is 5.86. The van der Waals surface area contributed by atoms with Gasteiger partial charge in [0, 0.05) is 12.1 Å². The van der Waals surface area contributed by atoms with Crippen molar-refractivity contribution in [3.05, 3.63) is 58.7 Å². The topological polar surface area (TPSA) is 42.9 Å². The second-order valence-electron chi connectivity index (χ2n) is 5.28. The van der Waals surface area contributed by atoms with Gasteiger partial charge >= 0.3 is 0 Å². The fourth-order valence-corrected chi connectivity index (χ4v) is 2.84. The molecule has 1 heterocycles. The van der Waals surface area contributed by atoms with Gasteiger partial charge in [-0.1, -0.05) is 23.7 Å². The van der Waals surface area contributed by atoms with E-state index in [1.807, 2.05) is 40.4 Å². The molecule has 2 aromatic carbocycles. The van der Waals surface area contributed by atoms with Gasteiger partial charge in [0.05, 0.1) is 17.6 Å². The Morgan fingerprint density at radius 1 is 1.13 bits per heavy atom. The molecule has 1 N–H and O–H groups in total. The fraction of sp³-hybridized carbons (Fsp3) is 0.235. The Balaban J connectivity index is 0.00000192. The van der Waals surface area contributed by atoms with Crippen LogP contribution in [0.2, 0.25) is 5.02 Å². The Morgan fingerprint density at radius 3 is 2.52 bits per heavy atom. The lowest BCUT2D eigenvalue weighted by atomic mass is 10.2. The quantitative estimate of drug-likeness (QED) is 0.709. The highest BCUT2D eigenvalue weighted by Gasteiger charge is 2.09. The van der Waals surface area contributed by atoms with Crippen LogP contribution in [0.15, 0.2) is 42.5 Å². The van der Waals surface area contributed by atoms with Gasteiger partial charge in [-0.15, -0.1) is 17.0 Å². The molecular formula is C17H19BrClN3O. The molecule has 0 saturated carbocycles. The molecule has 6 heteroatoms. The SMILES string of the molecule is Br.Cc1cccc2c1n(C)c(=N)n2CCOc1ccc(Cl)cc1. The van der Waals surface area contributed by atoms with Crippen molar-refractivity contribution in [2.24, 2.45) is 7.05 Å². The van der Waals surface area contributed by atoms with Gasteiger partial charge in [-0.05, 0) is 42.8 Å². The van der Waals surface area contributed by atoms with E-state index < -0.39 is 0 Å². The van der Waals surface area contributed by atoms with Crippen molar-refractivity contribution < 1.29 is 4.74 Å². The molecule has 0 saturated heterocycles. The highest BCUT2D eigenvalue weighted by Crippen LogP contribution is 2.17. The number of imidazole rings is 1. The Labute approximate surface area is 150 Å². The maximum Gasteiger partial charge on any atom is 0.202 e. The molecule has 3 aromatic rings. The molecule has 0 aliphatic rings. The zero-order chi connectivity index (χ0) is 15.7. The van der Waals surface area contributed by atoms with E-state index in [0.29, 0.717) is 23.8 Å². The lowest BCUT2D eigenvalue weighted by Gasteiger charge is -2.08. The molecular weight excluding hydrogens is 378 g/mol. The van der Waals surface area contributed by atoms with Crippen LogP contribution in [0.3, 0.4) is 0 Å². The summed E-state index contributed by atoms with van der Waals surface area (Å²) in [6.07, 6.45) is 0. The van der Waals surface area contributed by atoms with Gasteiger partial charge in [0.25, 0.3) is 0 Å². The number of nitrogens with zero attached hydrogens (tertiary/aromatic N) is 2. The number of para-hydroxylation sites is 1. The van der Waals surface area contributed by atoms with E-state index >= 15 is 0 Å². The van der Waals surface area contributed by atoms with Crippen LogP contribution < -0.4 is 10.4 Å². The van der Waals surface area contributed by atoms with Crippen LogP contribution in [0.5, 0.6) is 5.75 Å². The van der Waals surface area contributed by atoms with E-state index in [1.54, 1.807) is 12.1 Å². The van der Waals surface area contributed by atoms with E-state index in [0.717, 1.165) is 16.8 Å². The Bertz CT molecular complexity index is 868. The third kappa shape index (κ3) is 3.46. The van der Waals surface area contributed by atoms with Gasteiger partial charge in [0.1, 0.15) is 12.4 Å². The van der Waals surface area contributed by atoms with E-state index in [1.165, 1.54) is 5.56 Å². The first-order valence-electron chi connectivity index (χ1n) is 7.16. The number of ether oxygens (including phenoxy) is 1. The fourth-order valence-electron chi connectivity index (χ4n) is 2.71. The Kier molecular flexibility index (Phi) is 5.55. The predicted molar refractivity (Wildman–Crippen MR) is 98.8 cm³/mol. The standard InChI is InChI=1S/C17H18ClN3O.BrH/c1-12-4-3-5-15-16(12)20(2)17(19)21(15)10-11-22-14-8-6-13(18)7-9-14;/h3-9,19H,10-11H2,1-2H3;1H. The summed E-state index contributed by atoms with van der Waals surface area (Å²) in [5.41, 5.74) is 3.81. The lowest BCUT2D eigenvalue weighted by molar-refractivity contribution is 0.297. The number of halogens is 2. The van der Waals surface area contributed by atoms with Crippen LogP contribution in [-0.4, -0.2) is 15.7 Å². The van der Waals surface area contributed by atoms with Crippen LogP contribution in [-0.2, 0) is 13.6 Å². The van der Waals surface area contributed by atoms with Crippen molar-refractivity contribution in [1.82, 2.24) is 9.13 Å². The van der Waals surface area contributed by atoms with E-state index in [2.05, 4.69) is 13.0 Å². The predicted octanol–water partition coefficient (Wildman–Crippen LogP) is 4.08. The molecule has 1 aromatic heterocycles. The van der Waals surface area contributed by atoms with Crippen LogP contribution in [0.1, 0.15) is 5.56 Å². The maximum absolute atomic E-state index is 8.28. The van der Waals surface area contributed by atoms with Crippen molar-refractivity contribution in [2.75, 3.05) is 6.61 Å². The van der Waals surface area contributed by atoms with Gasteiger partial charge < -0.3 is 13.9 Å². The maximum atomic E-state index is 8.28. The summed E-state index contributed by atoms with van der Waals surface area (Å²) in [5, 5.41) is 8.98. The summed E-state index contributed by atoms with van der Waals surface area (Å²) in [7, 11) is 1.92. The minimum absolute atomic E-state index is 0. The monoisotopic (exact) mass is 395 g/mol. The number of aromatic nitrogens is 2. The summed E-state index contributed by atoms with van der Waals surface area (Å²) in [6, 6.07) is 13.4. The Hall–Kier alpha value is -1.72. The largest absolute Gasteiger partial charge is 0.492 e. The van der Waals surface area contributed by atoms with Gasteiger partial charge in [-0.3, -0.25) is 5.41 Å². The highest BCUT2D eigenvalue weighted by molar-refractivity contribution is 8.93. The van der Waals surface area contributed by atoms with Crippen molar-refractivity contribution in [1.29, 1.82) is 5.41 Å². The van der Waals surface area contributed by atoms with Crippen molar-refractivity contribution in [3.8, 4) is 5.75 Å². The average molecular weight is 397 g/mol. The van der Waals surface area contributed by atoms with E-state index in [-0.39, 0.29) is 17.0 Å². The molecule has 122 valence electrons. The van der Waals surface area contributed by atoms with Gasteiger partial charge in [0.15, 0.2) is 0 Å². The minimum Gasteiger partial charge on any atom is -0.492 e. The third-order valence-corrected chi connectivity index (χ3v) is 4.07. The second-order valence-corrected chi connectivity index (χ2v) is 5.72. The highest BCUT2D eigenvalue weighted by atomic mass is 79.9. The normalized spacial score (nSPS) is 10.6. The first-order chi connectivity index (χ1) is 10.6. The molecule has 0 spiro atoms. The number of hydrogen-bond donors (Lipinski definition) is 1. The molecule has 0 aliphatic carbocycles. The number of rotatable bonds is 4. The molecule has 0 fully saturated rings. The molecule has 4 nitrogen and oxygen atoms in total. The van der Waals surface area contributed by atoms with Crippen LogP contribution >= 0.6 is 28.6 Å². The number of hydrogen-bond acceptors (Lipinski definition) is 2. The summed E-state index contributed by atoms with van der Waals surface area (Å²) in [5.74, 6) is 0.785. The first-order valence-corrected chi connectivity index (χ1v) is 7.53. The van der Waals surface area contributed by atoms with Crippen LogP contribution in [0.4, 0.5) is 0 Å². The Morgan fingerprint density at radius 2 is 1.83 bits per heavy atom. The first kappa shape index (κ1) is 17.6. The van der Waals surface area contributed by atoms with Gasteiger partial charge in [-0.25, -0.2) is 0 Å². The number of aryl methyl sites for hydroxylation is 2. The molecule has 0 radical (unpaired) electrons. The van der Waals surface area contributed by atoms with Crippen molar-refractivity contribution in [2.45, 2.75) is 13.5 Å². The second kappa shape index (κ2) is 7.23. The smallest absolute Gasteiger partial charge is 0.202 e. The molecule has 0 aliphatic heterocycles. The number of benzene rings is 2. The zero-order valence-corrected chi connectivity index (χ0v) is 15.5.